The standard InChI is InChI=1S/C14H15ClN4O2/c1-3-6-21-14(20)19-5-4-9-11(8-19)10(7-16)12(15)18-13(9)17-2/h3H,1,4-6,8H2,2H3,(H,17,18). The number of aromatic nitrogens is 1. The van der Waals surface area contributed by atoms with Crippen molar-refractivity contribution in [3.05, 3.63) is 34.5 Å². The number of nitrogens with zero attached hydrogens (tertiary/aromatic N) is 3. The highest BCUT2D eigenvalue weighted by Gasteiger charge is 2.27. The second-order valence-electron chi connectivity index (χ2n) is 4.48. The number of carbonyl (C=O) groups is 1. The van der Waals surface area contributed by atoms with Gasteiger partial charge in [-0.3, -0.25) is 0 Å². The van der Waals surface area contributed by atoms with Gasteiger partial charge in [0, 0.05) is 19.2 Å². The molecule has 0 spiro atoms. The molecule has 0 bridgehead atoms. The number of halogens is 1. The Hall–Kier alpha value is -2.26. The summed E-state index contributed by atoms with van der Waals surface area (Å²) < 4.78 is 5.03. The molecule has 0 saturated carbocycles. The van der Waals surface area contributed by atoms with Crippen LogP contribution >= 0.6 is 11.6 Å². The second kappa shape index (κ2) is 6.46. The van der Waals surface area contributed by atoms with Gasteiger partial charge in [-0.1, -0.05) is 24.3 Å². The molecule has 0 radical (unpaired) electrons. The molecule has 0 atom stereocenters. The summed E-state index contributed by atoms with van der Waals surface area (Å²) in [6, 6.07) is 2.06. The Morgan fingerprint density at radius 2 is 2.43 bits per heavy atom. The first-order valence-electron chi connectivity index (χ1n) is 6.44. The Bertz CT molecular complexity index is 624. The molecule has 110 valence electrons. The smallest absolute Gasteiger partial charge is 0.410 e. The molecule has 2 rings (SSSR count). The van der Waals surface area contributed by atoms with E-state index in [2.05, 4.69) is 22.9 Å². The maximum atomic E-state index is 11.9. The maximum absolute atomic E-state index is 11.9. The van der Waals surface area contributed by atoms with Gasteiger partial charge in [-0.05, 0) is 12.0 Å². The van der Waals surface area contributed by atoms with Crippen LogP contribution < -0.4 is 5.32 Å². The summed E-state index contributed by atoms with van der Waals surface area (Å²) in [6.07, 6.45) is 1.67. The van der Waals surface area contributed by atoms with Gasteiger partial charge in [-0.25, -0.2) is 9.78 Å². The minimum absolute atomic E-state index is 0.141. The molecule has 1 aromatic heterocycles. The van der Waals surface area contributed by atoms with E-state index in [1.165, 1.54) is 6.08 Å². The highest BCUT2D eigenvalue weighted by Crippen LogP contribution is 2.31. The molecule has 7 heteroatoms. The molecule has 0 aromatic carbocycles. The molecule has 1 aliphatic rings. The van der Waals surface area contributed by atoms with E-state index >= 15 is 0 Å². The summed E-state index contributed by atoms with van der Waals surface area (Å²) in [5.41, 5.74) is 1.96. The van der Waals surface area contributed by atoms with E-state index in [0.717, 1.165) is 11.1 Å². The topological polar surface area (TPSA) is 78.2 Å². The van der Waals surface area contributed by atoms with E-state index < -0.39 is 6.09 Å². The van der Waals surface area contributed by atoms with Crippen LogP contribution in [0.5, 0.6) is 0 Å². The number of ether oxygens (including phenoxy) is 1. The Kier molecular flexibility index (Phi) is 4.66. The number of hydrogen-bond acceptors (Lipinski definition) is 5. The predicted octanol–water partition coefficient (Wildman–Crippen LogP) is 2.33. The van der Waals surface area contributed by atoms with Gasteiger partial charge in [-0.15, -0.1) is 0 Å². The highest BCUT2D eigenvalue weighted by molar-refractivity contribution is 6.30. The molecule has 0 fully saturated rings. The van der Waals surface area contributed by atoms with Gasteiger partial charge in [0.25, 0.3) is 0 Å². The largest absolute Gasteiger partial charge is 0.445 e. The molecule has 1 aliphatic heterocycles. The Balaban J connectivity index is 2.35. The summed E-state index contributed by atoms with van der Waals surface area (Å²) >= 11 is 6.03. The average Bonchev–Trinajstić information content (AvgIpc) is 2.51. The van der Waals surface area contributed by atoms with E-state index in [9.17, 15) is 10.1 Å². The lowest BCUT2D eigenvalue weighted by Gasteiger charge is -2.29. The molecule has 1 amide bonds. The van der Waals surface area contributed by atoms with Crippen molar-refractivity contribution in [2.75, 3.05) is 25.5 Å². The molecule has 21 heavy (non-hydrogen) atoms. The first kappa shape index (κ1) is 15.1. The first-order valence-corrected chi connectivity index (χ1v) is 6.81. The zero-order chi connectivity index (χ0) is 15.4. The number of nitriles is 1. The molecule has 0 unspecified atom stereocenters. The quantitative estimate of drug-likeness (QED) is 0.685. The normalized spacial score (nSPS) is 13.1. The molecular formula is C14H15ClN4O2. The summed E-state index contributed by atoms with van der Waals surface area (Å²) in [7, 11) is 1.75. The number of nitrogens with one attached hydrogen (secondary N) is 1. The minimum Gasteiger partial charge on any atom is -0.445 e. The van der Waals surface area contributed by atoms with Crippen molar-refractivity contribution >= 4 is 23.5 Å². The lowest BCUT2D eigenvalue weighted by atomic mass is 9.97. The predicted molar refractivity (Wildman–Crippen MR) is 79.2 cm³/mol. The highest BCUT2D eigenvalue weighted by atomic mass is 35.5. The Morgan fingerprint density at radius 3 is 3.05 bits per heavy atom. The third-order valence-electron chi connectivity index (χ3n) is 3.28. The first-order chi connectivity index (χ1) is 10.1. The molecule has 1 aromatic rings. The van der Waals surface area contributed by atoms with Crippen molar-refractivity contribution in [3.63, 3.8) is 0 Å². The number of fused-ring (bicyclic) bond motifs is 1. The zero-order valence-corrected chi connectivity index (χ0v) is 12.4. The minimum atomic E-state index is -0.427. The fourth-order valence-electron chi connectivity index (χ4n) is 2.30. The van der Waals surface area contributed by atoms with Crippen LogP contribution in [0.1, 0.15) is 16.7 Å². The van der Waals surface area contributed by atoms with Crippen molar-refractivity contribution in [1.82, 2.24) is 9.88 Å². The van der Waals surface area contributed by atoms with Crippen LogP contribution in [0.15, 0.2) is 12.7 Å². The van der Waals surface area contributed by atoms with Crippen LogP contribution in [0, 0.1) is 11.3 Å². The SMILES string of the molecule is C=CCOC(=O)N1CCc2c(NC)nc(Cl)c(C#N)c2C1. The van der Waals surface area contributed by atoms with Gasteiger partial charge in [0.05, 0.1) is 12.1 Å². The lowest BCUT2D eigenvalue weighted by Crippen LogP contribution is -2.37. The summed E-state index contributed by atoms with van der Waals surface area (Å²) in [6.45, 7) is 4.45. The number of rotatable bonds is 3. The maximum Gasteiger partial charge on any atom is 0.410 e. The molecule has 6 nitrogen and oxygen atoms in total. The zero-order valence-electron chi connectivity index (χ0n) is 11.6. The van der Waals surface area contributed by atoms with Crippen LogP contribution in [0.3, 0.4) is 0 Å². The van der Waals surface area contributed by atoms with Crippen LogP contribution in [-0.4, -0.2) is 36.2 Å². The molecule has 0 saturated heterocycles. The van der Waals surface area contributed by atoms with Gasteiger partial charge in [0.15, 0.2) is 0 Å². The molecular weight excluding hydrogens is 292 g/mol. The van der Waals surface area contributed by atoms with E-state index in [1.54, 1.807) is 11.9 Å². The third-order valence-corrected chi connectivity index (χ3v) is 3.55. The van der Waals surface area contributed by atoms with Crippen molar-refractivity contribution < 1.29 is 9.53 Å². The van der Waals surface area contributed by atoms with Gasteiger partial charge in [-0.2, -0.15) is 5.26 Å². The van der Waals surface area contributed by atoms with Crippen LogP contribution in [0.4, 0.5) is 10.6 Å². The number of anilines is 1. The molecule has 0 aliphatic carbocycles. The van der Waals surface area contributed by atoms with E-state index in [0.29, 0.717) is 24.3 Å². The van der Waals surface area contributed by atoms with Crippen molar-refractivity contribution in [2.24, 2.45) is 0 Å². The van der Waals surface area contributed by atoms with Crippen molar-refractivity contribution in [2.45, 2.75) is 13.0 Å². The third kappa shape index (κ3) is 2.93. The summed E-state index contributed by atoms with van der Waals surface area (Å²) in [5.74, 6) is 0.646. The van der Waals surface area contributed by atoms with E-state index in [4.69, 9.17) is 16.3 Å². The molecule has 2 heterocycles. The van der Waals surface area contributed by atoms with Crippen LogP contribution in [0.2, 0.25) is 5.15 Å². The Labute approximate surface area is 128 Å². The van der Waals surface area contributed by atoms with Crippen LogP contribution in [-0.2, 0) is 17.7 Å². The van der Waals surface area contributed by atoms with Gasteiger partial charge < -0.3 is 15.0 Å². The number of pyridine rings is 1. The van der Waals surface area contributed by atoms with Crippen molar-refractivity contribution in [3.8, 4) is 6.07 Å². The monoisotopic (exact) mass is 306 g/mol. The summed E-state index contributed by atoms with van der Waals surface area (Å²) in [5, 5.41) is 12.4. The number of carbonyl (C=O) groups excluding carboxylic acids is 1. The van der Waals surface area contributed by atoms with Gasteiger partial charge >= 0.3 is 6.09 Å². The van der Waals surface area contributed by atoms with E-state index in [-0.39, 0.29) is 18.3 Å². The van der Waals surface area contributed by atoms with Crippen molar-refractivity contribution in [1.29, 1.82) is 5.26 Å². The Morgan fingerprint density at radius 1 is 1.67 bits per heavy atom. The average molecular weight is 307 g/mol. The van der Waals surface area contributed by atoms with E-state index in [1.807, 2.05) is 0 Å². The van der Waals surface area contributed by atoms with Gasteiger partial charge in [0.2, 0.25) is 0 Å². The van der Waals surface area contributed by atoms with Crippen LogP contribution in [0.25, 0.3) is 0 Å². The van der Waals surface area contributed by atoms with Gasteiger partial charge in [0.1, 0.15) is 23.6 Å². The number of hydrogen-bond donors (Lipinski definition) is 1. The molecule has 1 N–H and O–H groups in total. The number of amides is 1. The fraction of sp³-hybridized carbons (Fsp3) is 0.357. The lowest BCUT2D eigenvalue weighted by molar-refractivity contribution is 0.107. The fourth-order valence-corrected chi connectivity index (χ4v) is 2.54. The second-order valence-corrected chi connectivity index (χ2v) is 4.84. The summed E-state index contributed by atoms with van der Waals surface area (Å²) in [4.78, 5) is 17.6.